The van der Waals surface area contributed by atoms with Gasteiger partial charge in [-0.25, -0.2) is 4.79 Å². The van der Waals surface area contributed by atoms with Gasteiger partial charge in [0.15, 0.2) is 6.10 Å². The summed E-state index contributed by atoms with van der Waals surface area (Å²) in [7, 11) is 0. The molecule has 5 nitrogen and oxygen atoms in total. The fourth-order valence-corrected chi connectivity index (χ4v) is 4.33. The van der Waals surface area contributed by atoms with E-state index in [2.05, 4.69) is 53.9 Å². The quantitative estimate of drug-likeness (QED) is 0.534. The molecule has 2 unspecified atom stereocenters. The number of aliphatic carboxylic acids is 1. The number of hydrogen-bond donors (Lipinski definition) is 2. The second-order valence-corrected chi connectivity index (χ2v) is 8.35. The van der Waals surface area contributed by atoms with Crippen LogP contribution >= 0.6 is 0 Å². The summed E-state index contributed by atoms with van der Waals surface area (Å²) in [5.41, 5.74) is 5.93. The molecule has 1 aliphatic carbocycles. The summed E-state index contributed by atoms with van der Waals surface area (Å²) >= 11 is 0. The van der Waals surface area contributed by atoms with Crippen LogP contribution in [0.15, 0.2) is 78.4 Å². The molecule has 0 spiro atoms. The minimum Gasteiger partial charge on any atom is -0.493 e. The number of nitrogens with one attached hydrogen (secondary N) is 1. The molecule has 33 heavy (non-hydrogen) atoms. The first-order valence-electron chi connectivity index (χ1n) is 11.6. The van der Waals surface area contributed by atoms with Gasteiger partial charge >= 0.3 is 5.97 Å². The summed E-state index contributed by atoms with van der Waals surface area (Å²) in [6, 6.07) is 16.1. The normalized spacial score (nSPS) is 17.9. The van der Waals surface area contributed by atoms with Gasteiger partial charge in [0.1, 0.15) is 5.75 Å². The lowest BCUT2D eigenvalue weighted by atomic mass is 9.86. The van der Waals surface area contributed by atoms with Crippen LogP contribution in [0, 0.1) is 5.92 Å². The second kappa shape index (κ2) is 11.0. The van der Waals surface area contributed by atoms with Crippen molar-refractivity contribution in [1.82, 2.24) is 0 Å². The minimum atomic E-state index is -0.940. The van der Waals surface area contributed by atoms with Crippen LogP contribution in [0.4, 0.5) is 5.69 Å². The van der Waals surface area contributed by atoms with E-state index in [-0.39, 0.29) is 0 Å². The first-order valence-corrected chi connectivity index (χ1v) is 11.6. The van der Waals surface area contributed by atoms with Crippen molar-refractivity contribution in [3.05, 3.63) is 89.5 Å². The molecule has 5 heteroatoms. The van der Waals surface area contributed by atoms with Crippen molar-refractivity contribution in [2.45, 2.75) is 32.3 Å². The number of fused-ring (bicyclic) bond motifs is 2. The van der Waals surface area contributed by atoms with E-state index in [0.29, 0.717) is 25.6 Å². The highest BCUT2D eigenvalue weighted by atomic mass is 16.5. The van der Waals surface area contributed by atoms with Gasteiger partial charge in [0.05, 0.1) is 6.61 Å². The van der Waals surface area contributed by atoms with Crippen molar-refractivity contribution >= 4 is 17.2 Å². The van der Waals surface area contributed by atoms with Gasteiger partial charge in [0, 0.05) is 43.2 Å². The molecule has 1 heterocycles. The van der Waals surface area contributed by atoms with Crippen molar-refractivity contribution in [2.24, 2.45) is 5.92 Å². The van der Waals surface area contributed by atoms with Gasteiger partial charge in [-0.1, -0.05) is 54.6 Å². The molecule has 4 rings (SSSR count). The number of carboxylic acids is 1. The zero-order valence-electron chi connectivity index (χ0n) is 19.0. The standard InChI is InChI=1S/C28H31NO4/c1-2-32-27(28(30)31)17-20-11-13-24(14-12-20)33-16-15-22-18-21-7-3-4-8-23(21)19-29-26-10-6-5-9-25(22)26/h3-7,9-14,18,23,27,29H,2,8,15-17,19H2,1H3,(H,30,31). The van der Waals surface area contributed by atoms with Crippen molar-refractivity contribution in [3.63, 3.8) is 0 Å². The summed E-state index contributed by atoms with van der Waals surface area (Å²) in [5, 5.41) is 12.9. The zero-order chi connectivity index (χ0) is 23.0. The van der Waals surface area contributed by atoms with E-state index in [1.54, 1.807) is 6.92 Å². The van der Waals surface area contributed by atoms with E-state index in [1.165, 1.54) is 22.4 Å². The lowest BCUT2D eigenvalue weighted by Crippen LogP contribution is -2.26. The lowest BCUT2D eigenvalue weighted by molar-refractivity contribution is -0.149. The maximum Gasteiger partial charge on any atom is 0.333 e. The number of rotatable bonds is 9. The summed E-state index contributed by atoms with van der Waals surface area (Å²) in [6.07, 6.45) is 10.3. The third-order valence-electron chi connectivity index (χ3n) is 6.10. The van der Waals surface area contributed by atoms with E-state index < -0.39 is 12.1 Å². The second-order valence-electron chi connectivity index (χ2n) is 8.35. The number of para-hydroxylation sites is 1. The number of anilines is 1. The monoisotopic (exact) mass is 445 g/mol. The molecule has 2 aliphatic rings. The molecule has 0 saturated carbocycles. The van der Waals surface area contributed by atoms with Gasteiger partial charge < -0.3 is 19.9 Å². The van der Waals surface area contributed by atoms with Crippen LogP contribution < -0.4 is 10.1 Å². The van der Waals surface area contributed by atoms with Gasteiger partial charge in [-0.2, -0.15) is 0 Å². The molecule has 0 aromatic heterocycles. The Morgan fingerprint density at radius 3 is 2.79 bits per heavy atom. The Bertz CT molecular complexity index is 1050. The van der Waals surface area contributed by atoms with Crippen molar-refractivity contribution in [2.75, 3.05) is 25.1 Å². The number of benzene rings is 2. The molecule has 0 fully saturated rings. The van der Waals surface area contributed by atoms with E-state index in [9.17, 15) is 9.90 Å². The molecule has 0 amide bonds. The van der Waals surface area contributed by atoms with Crippen LogP contribution in [-0.2, 0) is 16.0 Å². The Hall–Kier alpha value is -3.31. The highest BCUT2D eigenvalue weighted by Gasteiger charge is 2.20. The Morgan fingerprint density at radius 2 is 2.00 bits per heavy atom. The fraction of sp³-hybridized carbons (Fsp3) is 0.321. The van der Waals surface area contributed by atoms with Gasteiger partial charge in [-0.3, -0.25) is 0 Å². The van der Waals surface area contributed by atoms with Gasteiger partial charge in [-0.05, 0) is 48.3 Å². The minimum absolute atomic E-state index is 0.338. The van der Waals surface area contributed by atoms with Gasteiger partial charge in [0.25, 0.3) is 0 Å². The maximum absolute atomic E-state index is 11.3. The predicted octanol–water partition coefficient (Wildman–Crippen LogP) is 5.50. The molecular formula is C28H31NO4. The topological polar surface area (TPSA) is 67.8 Å². The molecule has 2 aromatic rings. The summed E-state index contributed by atoms with van der Waals surface area (Å²) in [6.45, 7) is 3.67. The Balaban J connectivity index is 1.42. The Morgan fingerprint density at radius 1 is 1.18 bits per heavy atom. The molecular weight excluding hydrogens is 414 g/mol. The van der Waals surface area contributed by atoms with Crippen molar-refractivity contribution in [3.8, 4) is 5.75 Å². The fourth-order valence-electron chi connectivity index (χ4n) is 4.33. The molecule has 0 saturated heterocycles. The maximum atomic E-state index is 11.3. The van der Waals surface area contributed by atoms with E-state index in [4.69, 9.17) is 9.47 Å². The molecule has 0 radical (unpaired) electrons. The number of carbonyl (C=O) groups is 1. The zero-order valence-corrected chi connectivity index (χ0v) is 19.0. The first kappa shape index (κ1) is 22.9. The first-order chi connectivity index (χ1) is 16.1. The number of allylic oxidation sites excluding steroid dienone is 4. The average Bonchev–Trinajstić information content (AvgIpc) is 2.82. The third kappa shape index (κ3) is 5.93. The molecule has 2 N–H and O–H groups in total. The predicted molar refractivity (Wildman–Crippen MR) is 132 cm³/mol. The van der Waals surface area contributed by atoms with E-state index in [0.717, 1.165) is 30.7 Å². The van der Waals surface area contributed by atoms with E-state index in [1.807, 2.05) is 24.3 Å². The summed E-state index contributed by atoms with van der Waals surface area (Å²) in [5.74, 6) is 0.320. The van der Waals surface area contributed by atoms with Crippen molar-refractivity contribution < 1.29 is 19.4 Å². The summed E-state index contributed by atoms with van der Waals surface area (Å²) in [4.78, 5) is 11.3. The van der Waals surface area contributed by atoms with Crippen LogP contribution in [0.25, 0.3) is 5.57 Å². The van der Waals surface area contributed by atoms with Crippen LogP contribution in [0.5, 0.6) is 5.75 Å². The van der Waals surface area contributed by atoms with Gasteiger partial charge in [0.2, 0.25) is 0 Å². The van der Waals surface area contributed by atoms with E-state index >= 15 is 0 Å². The molecule has 172 valence electrons. The number of carboxylic acid groups (broad SMARTS) is 1. The molecule has 2 aromatic carbocycles. The Kier molecular flexibility index (Phi) is 7.63. The summed E-state index contributed by atoms with van der Waals surface area (Å²) < 4.78 is 11.3. The average molecular weight is 446 g/mol. The Labute approximate surface area is 195 Å². The SMILES string of the molecule is CCOC(Cc1ccc(OCCC2=CC3=CC=CCC3CNc3ccccc32)cc1)C(=O)O. The lowest BCUT2D eigenvalue weighted by Gasteiger charge is -2.26. The van der Waals surface area contributed by atoms with Crippen molar-refractivity contribution in [1.29, 1.82) is 0 Å². The molecule has 2 atom stereocenters. The third-order valence-corrected chi connectivity index (χ3v) is 6.10. The van der Waals surface area contributed by atoms with Gasteiger partial charge in [-0.15, -0.1) is 0 Å². The van der Waals surface area contributed by atoms with Crippen LogP contribution in [0.3, 0.4) is 0 Å². The van der Waals surface area contributed by atoms with Crippen LogP contribution in [-0.4, -0.2) is 36.9 Å². The van der Waals surface area contributed by atoms with Crippen LogP contribution in [0.2, 0.25) is 0 Å². The van der Waals surface area contributed by atoms with Crippen LogP contribution in [0.1, 0.15) is 30.9 Å². The molecule has 1 aliphatic heterocycles. The highest BCUT2D eigenvalue weighted by molar-refractivity contribution is 5.79. The largest absolute Gasteiger partial charge is 0.493 e. The smallest absolute Gasteiger partial charge is 0.333 e. The number of hydrogen-bond acceptors (Lipinski definition) is 4. The molecule has 0 bridgehead atoms. The number of ether oxygens (including phenoxy) is 2. The highest BCUT2D eigenvalue weighted by Crippen LogP contribution is 2.34.